The fourth-order valence-electron chi connectivity index (χ4n) is 3.18. The Hall–Kier alpha value is -1.22. The van der Waals surface area contributed by atoms with Gasteiger partial charge in [0.05, 0.1) is 5.54 Å². The van der Waals surface area contributed by atoms with Gasteiger partial charge in [0.1, 0.15) is 0 Å². The number of ketones is 1. The lowest BCUT2D eigenvalue weighted by Gasteiger charge is -2.39. The first-order valence-corrected chi connectivity index (χ1v) is 7.36. The zero-order valence-corrected chi connectivity index (χ0v) is 12.3. The van der Waals surface area contributed by atoms with Gasteiger partial charge in [0.25, 0.3) is 0 Å². The molecule has 0 bridgehead atoms. The molecule has 0 radical (unpaired) electrons. The van der Waals surface area contributed by atoms with E-state index in [9.17, 15) is 4.79 Å². The Balaban J connectivity index is 2.32. The Morgan fingerprint density at radius 3 is 2.37 bits per heavy atom. The number of nitrogens with zero attached hydrogens (tertiary/aromatic N) is 2. The van der Waals surface area contributed by atoms with Gasteiger partial charge in [-0.15, -0.1) is 0 Å². The van der Waals surface area contributed by atoms with Gasteiger partial charge in [-0.1, -0.05) is 13.8 Å². The van der Waals surface area contributed by atoms with Crippen LogP contribution < -0.4 is 0 Å². The molecule has 1 aromatic rings. The van der Waals surface area contributed by atoms with Crippen LogP contribution in [0.25, 0.3) is 0 Å². The first-order valence-electron chi connectivity index (χ1n) is 7.36. The Kier molecular flexibility index (Phi) is 4.35. The molecule has 1 saturated heterocycles. The van der Waals surface area contributed by atoms with Crippen LogP contribution in [-0.4, -0.2) is 34.3 Å². The quantitative estimate of drug-likeness (QED) is 0.762. The van der Waals surface area contributed by atoms with E-state index in [-0.39, 0.29) is 11.3 Å². The van der Waals surface area contributed by atoms with Crippen molar-refractivity contribution in [3.8, 4) is 0 Å². The number of aromatic nitrogens is 1. The molecule has 1 fully saturated rings. The molecule has 0 unspecified atom stereocenters. The Morgan fingerprint density at radius 2 is 1.89 bits per heavy atom. The average molecular weight is 260 g/mol. The van der Waals surface area contributed by atoms with Gasteiger partial charge in [0.15, 0.2) is 5.78 Å². The summed E-state index contributed by atoms with van der Waals surface area (Å²) in [6.45, 7) is 8.30. The van der Waals surface area contributed by atoms with Gasteiger partial charge in [0.2, 0.25) is 0 Å². The van der Waals surface area contributed by atoms with Crippen molar-refractivity contribution < 1.29 is 4.79 Å². The van der Waals surface area contributed by atoms with Crippen molar-refractivity contribution in [1.82, 2.24) is 9.88 Å². The molecule has 0 saturated carbocycles. The van der Waals surface area contributed by atoms with E-state index in [1.165, 1.54) is 12.8 Å². The topological polar surface area (TPSA) is 33.2 Å². The van der Waals surface area contributed by atoms with Gasteiger partial charge in [-0.3, -0.25) is 14.7 Å². The molecule has 0 aliphatic carbocycles. The summed E-state index contributed by atoms with van der Waals surface area (Å²) in [5.74, 6) is 0.243. The number of Topliss-reactive ketones (excluding diaryl/α,β-unsaturated/α-hetero) is 1. The maximum absolute atomic E-state index is 12.9. The summed E-state index contributed by atoms with van der Waals surface area (Å²) in [5, 5.41) is 0. The third-order valence-corrected chi connectivity index (χ3v) is 4.48. The second-order valence-corrected chi connectivity index (χ2v) is 5.45. The largest absolute Gasteiger partial charge is 0.292 e. The lowest BCUT2D eigenvalue weighted by molar-refractivity contribution is 0.0581. The molecule has 1 aliphatic rings. The lowest BCUT2D eigenvalue weighted by atomic mass is 9.83. The third-order valence-electron chi connectivity index (χ3n) is 4.48. The molecular weight excluding hydrogens is 236 g/mol. The highest BCUT2D eigenvalue weighted by atomic mass is 16.1. The van der Waals surface area contributed by atoms with Gasteiger partial charge in [-0.05, 0) is 57.8 Å². The van der Waals surface area contributed by atoms with Crippen LogP contribution in [0.5, 0.6) is 0 Å². The highest BCUT2D eigenvalue weighted by Gasteiger charge is 2.42. The molecule has 3 heteroatoms. The van der Waals surface area contributed by atoms with E-state index in [1.807, 2.05) is 19.1 Å². The predicted octanol–water partition coefficient (Wildman–Crippen LogP) is 3.23. The standard InChI is InChI=1S/C16H24N2O/c1-4-16(5-2,18-10-6-7-11-18)15(19)14-9-8-13(3)17-12-14/h8-9,12H,4-7,10-11H2,1-3H3. The van der Waals surface area contributed by atoms with Crippen LogP contribution in [0.3, 0.4) is 0 Å². The van der Waals surface area contributed by atoms with Crippen LogP contribution in [0.2, 0.25) is 0 Å². The molecule has 1 aromatic heterocycles. The van der Waals surface area contributed by atoms with Crippen molar-refractivity contribution in [3.05, 3.63) is 29.6 Å². The highest BCUT2D eigenvalue weighted by molar-refractivity contribution is 6.03. The fraction of sp³-hybridized carbons (Fsp3) is 0.625. The van der Waals surface area contributed by atoms with Crippen LogP contribution in [0, 0.1) is 6.92 Å². The van der Waals surface area contributed by atoms with E-state index >= 15 is 0 Å². The van der Waals surface area contributed by atoms with Gasteiger partial charge < -0.3 is 0 Å². The fourth-order valence-corrected chi connectivity index (χ4v) is 3.18. The van der Waals surface area contributed by atoms with Crippen LogP contribution >= 0.6 is 0 Å². The van der Waals surface area contributed by atoms with Crippen molar-refractivity contribution in [2.75, 3.05) is 13.1 Å². The number of carbonyl (C=O) groups is 1. The van der Waals surface area contributed by atoms with Gasteiger partial charge in [-0.2, -0.15) is 0 Å². The van der Waals surface area contributed by atoms with Crippen molar-refractivity contribution in [1.29, 1.82) is 0 Å². The maximum Gasteiger partial charge on any atom is 0.184 e. The van der Waals surface area contributed by atoms with Crippen molar-refractivity contribution in [2.45, 2.75) is 52.0 Å². The number of hydrogen-bond acceptors (Lipinski definition) is 3. The maximum atomic E-state index is 12.9. The van der Waals surface area contributed by atoms with Crippen molar-refractivity contribution in [2.24, 2.45) is 0 Å². The van der Waals surface area contributed by atoms with E-state index in [0.29, 0.717) is 0 Å². The Morgan fingerprint density at radius 1 is 1.26 bits per heavy atom. The van der Waals surface area contributed by atoms with Crippen LogP contribution in [0.1, 0.15) is 55.6 Å². The predicted molar refractivity (Wildman–Crippen MR) is 77.4 cm³/mol. The number of likely N-dealkylation sites (tertiary alicyclic amines) is 1. The monoisotopic (exact) mass is 260 g/mol. The van der Waals surface area contributed by atoms with Gasteiger partial charge >= 0.3 is 0 Å². The molecule has 1 aliphatic heterocycles. The molecule has 0 aromatic carbocycles. The molecule has 19 heavy (non-hydrogen) atoms. The summed E-state index contributed by atoms with van der Waals surface area (Å²) in [4.78, 5) is 19.6. The zero-order chi connectivity index (χ0) is 13.9. The third kappa shape index (κ3) is 2.57. The van der Waals surface area contributed by atoms with Crippen LogP contribution in [0.4, 0.5) is 0 Å². The summed E-state index contributed by atoms with van der Waals surface area (Å²) < 4.78 is 0. The van der Waals surface area contributed by atoms with E-state index < -0.39 is 0 Å². The summed E-state index contributed by atoms with van der Waals surface area (Å²) in [7, 11) is 0. The van der Waals surface area contributed by atoms with Crippen molar-refractivity contribution in [3.63, 3.8) is 0 Å². The normalized spacial score (nSPS) is 16.8. The molecule has 0 amide bonds. The summed E-state index contributed by atoms with van der Waals surface area (Å²) in [5.41, 5.74) is 1.38. The minimum Gasteiger partial charge on any atom is -0.292 e. The molecule has 0 N–H and O–H groups in total. The second kappa shape index (κ2) is 5.83. The first-order chi connectivity index (χ1) is 9.14. The molecular formula is C16H24N2O. The molecule has 0 spiro atoms. The number of rotatable bonds is 5. The van der Waals surface area contributed by atoms with Gasteiger partial charge in [0, 0.05) is 17.5 Å². The number of pyridine rings is 1. The average Bonchev–Trinajstić information content (AvgIpc) is 2.96. The minimum absolute atomic E-state index is 0.243. The van der Waals surface area contributed by atoms with Gasteiger partial charge in [-0.25, -0.2) is 0 Å². The zero-order valence-electron chi connectivity index (χ0n) is 12.3. The smallest absolute Gasteiger partial charge is 0.184 e. The van der Waals surface area contributed by atoms with E-state index in [1.54, 1.807) is 6.20 Å². The van der Waals surface area contributed by atoms with E-state index in [0.717, 1.165) is 37.2 Å². The second-order valence-electron chi connectivity index (χ2n) is 5.45. The van der Waals surface area contributed by atoms with Crippen LogP contribution in [0.15, 0.2) is 18.3 Å². The molecule has 104 valence electrons. The Bertz CT molecular complexity index is 429. The number of aryl methyl sites for hydroxylation is 1. The highest BCUT2D eigenvalue weighted by Crippen LogP contribution is 2.31. The molecule has 2 heterocycles. The molecule has 3 nitrogen and oxygen atoms in total. The first kappa shape index (κ1) is 14.2. The molecule has 2 rings (SSSR count). The number of carbonyl (C=O) groups excluding carboxylic acids is 1. The van der Waals surface area contributed by atoms with E-state index in [2.05, 4.69) is 23.7 Å². The SMILES string of the molecule is CCC(CC)(C(=O)c1ccc(C)nc1)N1CCCC1. The Labute approximate surface area is 116 Å². The molecule has 0 atom stereocenters. The minimum atomic E-state index is -0.326. The van der Waals surface area contributed by atoms with Crippen LogP contribution in [-0.2, 0) is 0 Å². The van der Waals surface area contributed by atoms with E-state index in [4.69, 9.17) is 0 Å². The van der Waals surface area contributed by atoms with Crippen molar-refractivity contribution >= 4 is 5.78 Å². The lowest BCUT2D eigenvalue weighted by Crippen LogP contribution is -2.52. The summed E-state index contributed by atoms with van der Waals surface area (Å²) in [6.07, 6.45) is 5.89. The summed E-state index contributed by atoms with van der Waals surface area (Å²) >= 11 is 0. The number of hydrogen-bond donors (Lipinski definition) is 0. The summed E-state index contributed by atoms with van der Waals surface area (Å²) in [6, 6.07) is 3.84.